The monoisotopic (exact) mass is 316 g/mol. The minimum absolute atomic E-state index is 0.0651. The zero-order valence-corrected chi connectivity index (χ0v) is 12.5. The number of nitro groups is 1. The molecule has 0 aromatic heterocycles. The number of fused-ring (bicyclic) bond motifs is 1. The Balaban J connectivity index is 1.94. The minimum Gasteiger partial charge on any atom is -0.394 e. The van der Waals surface area contributed by atoms with Crippen LogP contribution in [0.3, 0.4) is 0 Å². The zero-order chi connectivity index (χ0) is 16.4. The predicted molar refractivity (Wildman–Crippen MR) is 83.4 cm³/mol. The maximum Gasteiger partial charge on any atom is 0.276 e. The summed E-state index contributed by atoms with van der Waals surface area (Å²) in [6.07, 6.45) is 0.773. The summed E-state index contributed by atoms with van der Waals surface area (Å²) < 4.78 is 14.1. The molecule has 2 aromatic carbocycles. The summed E-state index contributed by atoms with van der Waals surface area (Å²) in [4.78, 5) is 12.5. The molecule has 1 atom stereocenters. The van der Waals surface area contributed by atoms with Crippen LogP contribution in [0.15, 0.2) is 42.5 Å². The van der Waals surface area contributed by atoms with Gasteiger partial charge in [0.15, 0.2) is 0 Å². The third-order valence-corrected chi connectivity index (χ3v) is 4.35. The number of aliphatic hydroxyl groups is 1. The van der Waals surface area contributed by atoms with E-state index in [0.717, 1.165) is 17.5 Å². The Hall–Kier alpha value is -2.31. The Morgan fingerprint density at radius 3 is 2.78 bits per heavy atom. The lowest BCUT2D eigenvalue weighted by atomic mass is 9.92. The molecule has 2 aromatic rings. The molecule has 0 amide bonds. The van der Waals surface area contributed by atoms with Crippen LogP contribution in [0.4, 0.5) is 10.1 Å². The summed E-state index contributed by atoms with van der Waals surface area (Å²) in [5.74, 6) is -0.588. The van der Waals surface area contributed by atoms with Crippen LogP contribution in [0, 0.1) is 15.9 Å². The van der Waals surface area contributed by atoms with E-state index in [9.17, 15) is 19.6 Å². The number of aliphatic hydroxyl groups excluding tert-OH is 1. The third kappa shape index (κ3) is 2.95. The van der Waals surface area contributed by atoms with Crippen molar-refractivity contribution in [3.05, 3.63) is 75.1 Å². The highest BCUT2D eigenvalue weighted by Gasteiger charge is 2.29. The fourth-order valence-corrected chi connectivity index (χ4v) is 3.18. The van der Waals surface area contributed by atoms with Gasteiger partial charge in [0.1, 0.15) is 5.82 Å². The molecule has 0 bridgehead atoms. The van der Waals surface area contributed by atoms with Gasteiger partial charge in [0.25, 0.3) is 5.69 Å². The molecule has 120 valence electrons. The van der Waals surface area contributed by atoms with Gasteiger partial charge in [-0.25, -0.2) is 4.39 Å². The van der Waals surface area contributed by atoms with Crippen molar-refractivity contribution in [3.63, 3.8) is 0 Å². The highest BCUT2D eigenvalue weighted by Crippen LogP contribution is 2.32. The molecule has 1 unspecified atom stereocenters. The molecule has 1 aliphatic rings. The molecule has 1 heterocycles. The van der Waals surface area contributed by atoms with E-state index < -0.39 is 10.7 Å². The molecule has 3 rings (SSSR count). The zero-order valence-electron chi connectivity index (χ0n) is 12.5. The average Bonchev–Trinajstić information content (AvgIpc) is 2.56. The molecule has 0 saturated carbocycles. The number of rotatable bonds is 4. The summed E-state index contributed by atoms with van der Waals surface area (Å²) >= 11 is 0. The van der Waals surface area contributed by atoms with Crippen LogP contribution in [0.2, 0.25) is 0 Å². The van der Waals surface area contributed by atoms with Gasteiger partial charge in [-0.3, -0.25) is 15.0 Å². The number of nitro benzene ring substituents is 1. The first-order valence-electron chi connectivity index (χ1n) is 7.46. The predicted octanol–water partition coefficient (Wildman–Crippen LogP) is 2.83. The summed E-state index contributed by atoms with van der Waals surface area (Å²) in [6, 6.07) is 11.4. The molecule has 6 heteroatoms. The largest absolute Gasteiger partial charge is 0.394 e. The maximum absolute atomic E-state index is 14.1. The Morgan fingerprint density at radius 2 is 2.04 bits per heavy atom. The van der Waals surface area contributed by atoms with Crippen LogP contribution in [-0.2, 0) is 13.0 Å². The lowest BCUT2D eigenvalue weighted by Crippen LogP contribution is -2.37. The van der Waals surface area contributed by atoms with Crippen molar-refractivity contribution in [1.82, 2.24) is 4.90 Å². The second kappa shape index (κ2) is 6.44. The van der Waals surface area contributed by atoms with E-state index in [1.807, 2.05) is 29.2 Å². The smallest absolute Gasteiger partial charge is 0.276 e. The molecule has 23 heavy (non-hydrogen) atoms. The first-order valence-corrected chi connectivity index (χ1v) is 7.46. The highest BCUT2D eigenvalue weighted by atomic mass is 19.1. The highest BCUT2D eigenvalue weighted by molar-refractivity contribution is 5.41. The van der Waals surface area contributed by atoms with Crippen LogP contribution in [0.5, 0.6) is 0 Å². The number of halogens is 1. The summed E-state index contributed by atoms with van der Waals surface area (Å²) in [7, 11) is 0. The van der Waals surface area contributed by atoms with Gasteiger partial charge in [-0.15, -0.1) is 0 Å². The van der Waals surface area contributed by atoms with E-state index in [1.54, 1.807) is 0 Å². The van der Waals surface area contributed by atoms with Crippen LogP contribution in [0.1, 0.15) is 22.7 Å². The molecule has 0 saturated heterocycles. The first-order chi connectivity index (χ1) is 11.1. The number of nitrogens with zero attached hydrogens (tertiary/aromatic N) is 2. The molecule has 1 aliphatic heterocycles. The minimum atomic E-state index is -0.588. The van der Waals surface area contributed by atoms with Crippen molar-refractivity contribution in [2.45, 2.75) is 19.0 Å². The quantitative estimate of drug-likeness (QED) is 0.696. The average molecular weight is 316 g/mol. The van der Waals surface area contributed by atoms with Gasteiger partial charge in [0, 0.05) is 19.2 Å². The molecular weight excluding hydrogens is 299 g/mol. The van der Waals surface area contributed by atoms with Gasteiger partial charge in [-0.05, 0) is 23.6 Å². The Labute approximate surface area is 133 Å². The Bertz CT molecular complexity index is 736. The molecule has 0 aliphatic carbocycles. The molecule has 0 radical (unpaired) electrons. The molecule has 5 nitrogen and oxygen atoms in total. The van der Waals surface area contributed by atoms with Crippen molar-refractivity contribution < 1.29 is 14.4 Å². The second-order valence-corrected chi connectivity index (χ2v) is 5.61. The fourth-order valence-electron chi connectivity index (χ4n) is 3.18. The topological polar surface area (TPSA) is 66.6 Å². The van der Waals surface area contributed by atoms with Gasteiger partial charge in [0.2, 0.25) is 0 Å². The van der Waals surface area contributed by atoms with Crippen LogP contribution in [0.25, 0.3) is 0 Å². The van der Waals surface area contributed by atoms with Gasteiger partial charge in [-0.2, -0.15) is 0 Å². The summed E-state index contributed by atoms with van der Waals surface area (Å²) in [6.45, 7) is 0.607. The van der Waals surface area contributed by atoms with Crippen molar-refractivity contribution in [1.29, 1.82) is 0 Å². The standard InChI is InChI=1S/C17H17FN2O3/c18-15-6-3-7-16(20(22)23)14(15)10-19-9-8-12-4-1-2-5-13(12)17(19)11-21/h1-7,17,21H,8-11H2. The molecule has 0 spiro atoms. The Morgan fingerprint density at radius 1 is 1.26 bits per heavy atom. The van der Waals surface area contributed by atoms with Crippen LogP contribution < -0.4 is 0 Å². The van der Waals surface area contributed by atoms with E-state index >= 15 is 0 Å². The van der Waals surface area contributed by atoms with Gasteiger partial charge < -0.3 is 5.11 Å². The molecule has 0 fully saturated rings. The van der Waals surface area contributed by atoms with E-state index in [4.69, 9.17) is 0 Å². The normalized spacial score (nSPS) is 17.7. The van der Waals surface area contributed by atoms with Crippen LogP contribution >= 0.6 is 0 Å². The maximum atomic E-state index is 14.1. The Kier molecular flexibility index (Phi) is 4.36. The van der Waals surface area contributed by atoms with Gasteiger partial charge in [0.05, 0.1) is 23.1 Å². The summed E-state index contributed by atoms with van der Waals surface area (Å²) in [5, 5.41) is 20.9. The van der Waals surface area contributed by atoms with E-state index in [0.29, 0.717) is 6.54 Å². The van der Waals surface area contributed by atoms with E-state index in [1.165, 1.54) is 18.2 Å². The molecule has 1 N–H and O–H groups in total. The van der Waals surface area contributed by atoms with Crippen molar-refractivity contribution >= 4 is 5.69 Å². The van der Waals surface area contributed by atoms with Crippen LogP contribution in [-0.4, -0.2) is 28.1 Å². The van der Waals surface area contributed by atoms with Gasteiger partial charge >= 0.3 is 0 Å². The lowest BCUT2D eigenvalue weighted by molar-refractivity contribution is -0.386. The van der Waals surface area contributed by atoms with Crippen molar-refractivity contribution in [2.24, 2.45) is 0 Å². The SMILES string of the molecule is O=[N+]([O-])c1cccc(F)c1CN1CCc2ccccc2C1CO. The molecular formula is C17H17FN2O3. The summed E-state index contributed by atoms with van der Waals surface area (Å²) in [5.41, 5.74) is 2.00. The fraction of sp³-hybridized carbons (Fsp3) is 0.294. The van der Waals surface area contributed by atoms with Crippen molar-refractivity contribution in [2.75, 3.05) is 13.2 Å². The number of benzene rings is 2. The second-order valence-electron chi connectivity index (χ2n) is 5.61. The first kappa shape index (κ1) is 15.6. The third-order valence-electron chi connectivity index (χ3n) is 4.35. The lowest BCUT2D eigenvalue weighted by Gasteiger charge is -2.36. The van der Waals surface area contributed by atoms with E-state index in [2.05, 4.69) is 0 Å². The number of hydrogen-bond donors (Lipinski definition) is 1. The van der Waals surface area contributed by atoms with Gasteiger partial charge in [-0.1, -0.05) is 30.3 Å². The van der Waals surface area contributed by atoms with Crippen molar-refractivity contribution in [3.8, 4) is 0 Å². The number of hydrogen-bond acceptors (Lipinski definition) is 4. The van der Waals surface area contributed by atoms with E-state index in [-0.39, 0.29) is 30.4 Å².